The average Bonchev–Trinajstić information content (AvgIpc) is 3.64. The number of thioether (sulfide) groups is 1. The fourth-order valence-corrected chi connectivity index (χ4v) is 5.37. The minimum Gasteiger partial charge on any atom is -0.378 e. The maximum Gasteiger partial charge on any atom is 0.235 e. The van der Waals surface area contributed by atoms with Gasteiger partial charge < -0.3 is 15.0 Å². The highest BCUT2D eigenvalue weighted by Gasteiger charge is 2.24. The molecule has 10 heteroatoms. The lowest BCUT2D eigenvalue weighted by atomic mass is 10.1. The van der Waals surface area contributed by atoms with Gasteiger partial charge in [-0.2, -0.15) is 5.10 Å². The van der Waals surface area contributed by atoms with Crippen LogP contribution < -0.4 is 10.2 Å². The molecule has 2 aliphatic rings. The summed E-state index contributed by atoms with van der Waals surface area (Å²) >= 11 is 1.40. The minimum absolute atomic E-state index is 0.0745. The summed E-state index contributed by atoms with van der Waals surface area (Å²) in [6, 6.07) is 10.7. The maximum absolute atomic E-state index is 12.9. The summed E-state index contributed by atoms with van der Waals surface area (Å²) in [5.74, 6) is 1.72. The van der Waals surface area contributed by atoms with Gasteiger partial charge in [-0.1, -0.05) is 43.7 Å². The molecule has 1 saturated carbocycles. The first kappa shape index (κ1) is 22.9. The first-order chi connectivity index (χ1) is 16.7. The van der Waals surface area contributed by atoms with Crippen molar-refractivity contribution in [1.82, 2.24) is 24.5 Å². The highest BCUT2D eigenvalue weighted by atomic mass is 32.2. The fraction of sp³-hybridized carbons (Fsp3) is 0.500. The maximum atomic E-state index is 12.9. The lowest BCUT2D eigenvalue weighted by Crippen LogP contribution is -2.37. The molecule has 1 N–H and O–H groups in total. The topological polar surface area (TPSA) is 90.1 Å². The molecule has 0 bridgehead atoms. The summed E-state index contributed by atoms with van der Waals surface area (Å²) in [5, 5.41) is 17.2. The number of morpholine rings is 1. The Morgan fingerprint density at radius 1 is 1.18 bits per heavy atom. The molecule has 3 aromatic rings. The van der Waals surface area contributed by atoms with Crippen molar-refractivity contribution in [1.29, 1.82) is 0 Å². The number of nitrogens with one attached hydrogen (secondary N) is 1. The molecule has 0 atom stereocenters. The van der Waals surface area contributed by atoms with Crippen molar-refractivity contribution in [2.75, 3.05) is 42.3 Å². The number of aromatic nitrogens is 5. The van der Waals surface area contributed by atoms with Crippen LogP contribution in [0, 0.1) is 0 Å². The Bertz CT molecular complexity index is 1120. The standard InChI is InChI=1S/C24H31N7O2S/c1-2-18-6-5-9-20(16-18)30-23(29-12-14-33-15-13-29)27-28-24(30)34-17-22(32)26-21-10-11-25-31(21)19-7-3-4-8-19/h5-6,9-11,16,19H,2-4,7-8,12-15,17H2,1H3,(H,26,32). The Kier molecular flexibility index (Phi) is 7.15. The van der Waals surface area contributed by atoms with Crippen molar-refractivity contribution in [3.8, 4) is 5.69 Å². The number of hydrogen-bond donors (Lipinski definition) is 1. The third-order valence-electron chi connectivity index (χ3n) is 6.43. The van der Waals surface area contributed by atoms with Crippen LogP contribution in [0.5, 0.6) is 0 Å². The molecule has 0 unspecified atom stereocenters. The Hall–Kier alpha value is -2.85. The number of carbonyl (C=O) groups excluding carboxylic acids is 1. The number of anilines is 2. The van der Waals surface area contributed by atoms with Crippen molar-refractivity contribution in [3.63, 3.8) is 0 Å². The minimum atomic E-state index is -0.0745. The second-order valence-corrected chi connectivity index (χ2v) is 9.62. The van der Waals surface area contributed by atoms with E-state index in [9.17, 15) is 4.79 Å². The lowest BCUT2D eigenvalue weighted by Gasteiger charge is -2.28. The molecule has 5 rings (SSSR count). The smallest absolute Gasteiger partial charge is 0.235 e. The molecule has 9 nitrogen and oxygen atoms in total. The van der Waals surface area contributed by atoms with E-state index in [0.717, 1.165) is 49.8 Å². The monoisotopic (exact) mass is 481 g/mol. The number of nitrogens with zero attached hydrogens (tertiary/aromatic N) is 6. The van der Waals surface area contributed by atoms with E-state index in [-0.39, 0.29) is 11.7 Å². The van der Waals surface area contributed by atoms with Gasteiger partial charge in [-0.25, -0.2) is 4.68 Å². The number of aryl methyl sites for hydroxylation is 1. The highest BCUT2D eigenvalue weighted by molar-refractivity contribution is 7.99. The number of ether oxygens (including phenoxy) is 1. The lowest BCUT2D eigenvalue weighted by molar-refractivity contribution is -0.113. The molecule has 3 heterocycles. The van der Waals surface area contributed by atoms with Gasteiger partial charge in [-0.3, -0.25) is 9.36 Å². The largest absolute Gasteiger partial charge is 0.378 e. The Morgan fingerprint density at radius 3 is 2.79 bits per heavy atom. The average molecular weight is 482 g/mol. The molecule has 1 saturated heterocycles. The van der Waals surface area contributed by atoms with E-state index in [1.165, 1.54) is 30.2 Å². The molecular formula is C24H31N7O2S. The van der Waals surface area contributed by atoms with Crippen LogP contribution in [0.4, 0.5) is 11.8 Å². The highest BCUT2D eigenvalue weighted by Crippen LogP contribution is 2.32. The number of benzene rings is 1. The molecule has 1 aromatic carbocycles. The molecule has 2 aromatic heterocycles. The third-order valence-corrected chi connectivity index (χ3v) is 7.36. The van der Waals surface area contributed by atoms with E-state index in [1.807, 2.05) is 10.7 Å². The molecule has 34 heavy (non-hydrogen) atoms. The predicted molar refractivity (Wildman–Crippen MR) is 133 cm³/mol. The summed E-state index contributed by atoms with van der Waals surface area (Å²) < 4.78 is 9.54. The molecule has 1 aliphatic carbocycles. The van der Waals surface area contributed by atoms with E-state index in [1.54, 1.807) is 6.20 Å². The number of carbonyl (C=O) groups is 1. The predicted octanol–water partition coefficient (Wildman–Crippen LogP) is 3.71. The fourth-order valence-electron chi connectivity index (χ4n) is 4.63. The first-order valence-corrected chi connectivity index (χ1v) is 13.0. The van der Waals surface area contributed by atoms with Gasteiger partial charge in [0.25, 0.3) is 0 Å². The van der Waals surface area contributed by atoms with Crippen molar-refractivity contribution >= 4 is 29.4 Å². The third kappa shape index (κ3) is 4.97. The van der Waals surface area contributed by atoms with Gasteiger partial charge in [0.1, 0.15) is 5.82 Å². The van der Waals surface area contributed by atoms with Crippen LogP contribution in [0.15, 0.2) is 41.7 Å². The molecule has 180 valence electrons. The zero-order valence-electron chi connectivity index (χ0n) is 19.5. The van der Waals surface area contributed by atoms with Gasteiger partial charge in [0.15, 0.2) is 5.16 Å². The van der Waals surface area contributed by atoms with Crippen LogP contribution in [0.1, 0.15) is 44.2 Å². The van der Waals surface area contributed by atoms with Gasteiger partial charge in [0, 0.05) is 19.2 Å². The normalized spacial score (nSPS) is 16.8. The van der Waals surface area contributed by atoms with E-state index in [0.29, 0.717) is 24.4 Å². The van der Waals surface area contributed by atoms with Crippen LogP contribution >= 0.6 is 11.8 Å². The van der Waals surface area contributed by atoms with Gasteiger partial charge >= 0.3 is 0 Å². The molecule has 1 aliphatic heterocycles. The van der Waals surface area contributed by atoms with Crippen LogP contribution in [-0.4, -0.2) is 62.5 Å². The Morgan fingerprint density at radius 2 is 2.00 bits per heavy atom. The zero-order valence-corrected chi connectivity index (χ0v) is 20.3. The summed E-state index contributed by atoms with van der Waals surface area (Å²) in [7, 11) is 0. The molecule has 1 amide bonds. The first-order valence-electron chi connectivity index (χ1n) is 12.1. The van der Waals surface area contributed by atoms with Crippen LogP contribution in [0.25, 0.3) is 5.69 Å². The second-order valence-electron chi connectivity index (χ2n) is 8.68. The van der Waals surface area contributed by atoms with Gasteiger partial charge in [-0.15, -0.1) is 10.2 Å². The van der Waals surface area contributed by atoms with Crippen LogP contribution in [0.3, 0.4) is 0 Å². The van der Waals surface area contributed by atoms with Crippen molar-refractivity contribution in [2.24, 2.45) is 0 Å². The summed E-state index contributed by atoms with van der Waals surface area (Å²) in [6.45, 7) is 5.01. The van der Waals surface area contributed by atoms with Crippen molar-refractivity contribution < 1.29 is 9.53 Å². The Labute approximate surface area is 203 Å². The quantitative estimate of drug-likeness (QED) is 0.491. The van der Waals surface area contributed by atoms with E-state index in [2.05, 4.69) is 61.3 Å². The summed E-state index contributed by atoms with van der Waals surface area (Å²) in [4.78, 5) is 15.0. The van der Waals surface area contributed by atoms with Crippen LogP contribution in [-0.2, 0) is 16.0 Å². The van der Waals surface area contributed by atoms with Gasteiger partial charge in [0.05, 0.1) is 36.9 Å². The number of hydrogen-bond acceptors (Lipinski definition) is 7. The number of rotatable bonds is 8. The summed E-state index contributed by atoms with van der Waals surface area (Å²) in [6.07, 6.45) is 7.37. The molecule has 0 radical (unpaired) electrons. The van der Waals surface area contributed by atoms with Gasteiger partial charge in [-0.05, 0) is 37.0 Å². The van der Waals surface area contributed by atoms with E-state index >= 15 is 0 Å². The molecule has 2 fully saturated rings. The van der Waals surface area contributed by atoms with Gasteiger partial charge in [0.2, 0.25) is 11.9 Å². The molecule has 0 spiro atoms. The van der Waals surface area contributed by atoms with E-state index < -0.39 is 0 Å². The van der Waals surface area contributed by atoms with Crippen molar-refractivity contribution in [2.45, 2.75) is 50.2 Å². The van der Waals surface area contributed by atoms with E-state index in [4.69, 9.17) is 4.74 Å². The van der Waals surface area contributed by atoms with Crippen LogP contribution in [0.2, 0.25) is 0 Å². The summed E-state index contributed by atoms with van der Waals surface area (Å²) in [5.41, 5.74) is 2.25. The van der Waals surface area contributed by atoms with Crippen molar-refractivity contribution in [3.05, 3.63) is 42.1 Å². The number of amides is 1. The Balaban J connectivity index is 1.34. The SMILES string of the molecule is CCc1cccc(-n2c(SCC(=O)Nc3ccnn3C3CCCC3)nnc2N2CCOCC2)c1. The molecular weight excluding hydrogens is 450 g/mol. The zero-order chi connectivity index (χ0) is 23.3. The second kappa shape index (κ2) is 10.6.